The van der Waals surface area contributed by atoms with E-state index >= 15 is 0 Å². The van der Waals surface area contributed by atoms with E-state index in [9.17, 15) is 0 Å². The van der Waals surface area contributed by atoms with Crippen LogP contribution in [0.2, 0.25) is 0 Å². The van der Waals surface area contributed by atoms with Gasteiger partial charge in [-0.1, -0.05) is 18.7 Å². The Kier molecular flexibility index (Phi) is 4.10. The molecule has 3 rings (SSSR count). The predicted octanol–water partition coefficient (Wildman–Crippen LogP) is 2.80. The number of hydrogen-bond donors (Lipinski definition) is 0. The first kappa shape index (κ1) is 13.4. The quantitative estimate of drug-likeness (QED) is 0.847. The molecule has 1 saturated heterocycles. The fourth-order valence-electron chi connectivity index (χ4n) is 2.68. The van der Waals surface area contributed by atoms with E-state index in [0.717, 1.165) is 57.6 Å². The minimum absolute atomic E-state index is 0.278. The fraction of sp³-hybridized carbons (Fsp3) is 0.846. The zero-order valence-electron chi connectivity index (χ0n) is 11.3. The van der Waals surface area contributed by atoms with Crippen molar-refractivity contribution in [2.75, 3.05) is 13.2 Å². The highest BCUT2D eigenvalue weighted by Crippen LogP contribution is 2.41. The molecule has 0 N–H and O–H groups in total. The van der Waals surface area contributed by atoms with Gasteiger partial charge in [-0.3, -0.25) is 0 Å². The first-order chi connectivity index (χ1) is 9.30. The van der Waals surface area contributed by atoms with E-state index in [-0.39, 0.29) is 5.79 Å². The molecule has 1 aromatic rings. The molecule has 1 spiro atoms. The number of hydrogen-bond acceptors (Lipinski definition) is 6. The third kappa shape index (κ3) is 3.12. The maximum atomic E-state index is 5.73. The Bertz CT molecular complexity index is 408. The normalized spacial score (nSPS) is 23.2. The smallest absolute Gasteiger partial charge is 0.276 e. The molecular formula is C13H20N2O3S. The van der Waals surface area contributed by atoms with Crippen molar-refractivity contribution in [2.45, 2.75) is 61.7 Å². The number of aryl methyl sites for hydroxylation is 1. The second-order valence-electron chi connectivity index (χ2n) is 5.14. The molecule has 1 aromatic heterocycles. The van der Waals surface area contributed by atoms with E-state index in [0.29, 0.717) is 10.5 Å². The van der Waals surface area contributed by atoms with Gasteiger partial charge in [-0.15, -0.1) is 10.2 Å². The first-order valence-electron chi connectivity index (χ1n) is 7.07. The highest BCUT2D eigenvalue weighted by atomic mass is 32.2. The lowest BCUT2D eigenvalue weighted by molar-refractivity contribution is -0.175. The van der Waals surface area contributed by atoms with E-state index in [1.165, 1.54) is 0 Å². The molecule has 2 heterocycles. The van der Waals surface area contributed by atoms with Crippen LogP contribution in [0.4, 0.5) is 0 Å². The number of aromatic nitrogens is 2. The molecule has 1 aliphatic heterocycles. The summed E-state index contributed by atoms with van der Waals surface area (Å²) in [5.41, 5.74) is 0. The van der Waals surface area contributed by atoms with E-state index in [2.05, 4.69) is 17.1 Å². The Morgan fingerprint density at radius 2 is 1.95 bits per heavy atom. The molecule has 0 aromatic carbocycles. The van der Waals surface area contributed by atoms with Crippen LogP contribution in [0.1, 0.15) is 44.9 Å². The number of nitrogens with zero attached hydrogens (tertiary/aromatic N) is 2. The van der Waals surface area contributed by atoms with Crippen LogP contribution >= 0.6 is 11.8 Å². The highest BCUT2D eigenvalue weighted by molar-refractivity contribution is 7.99. The summed E-state index contributed by atoms with van der Waals surface area (Å²) in [7, 11) is 0. The van der Waals surface area contributed by atoms with Gasteiger partial charge in [-0.25, -0.2) is 0 Å². The van der Waals surface area contributed by atoms with Crippen LogP contribution in [-0.2, 0) is 15.9 Å². The van der Waals surface area contributed by atoms with Crippen molar-refractivity contribution in [1.82, 2.24) is 10.2 Å². The largest absolute Gasteiger partial charge is 0.416 e. The van der Waals surface area contributed by atoms with Gasteiger partial charge in [0.05, 0.1) is 13.2 Å². The molecule has 0 amide bonds. The molecular weight excluding hydrogens is 264 g/mol. The average Bonchev–Trinajstić information content (AvgIpc) is 3.04. The first-order valence-corrected chi connectivity index (χ1v) is 7.94. The summed E-state index contributed by atoms with van der Waals surface area (Å²) in [4.78, 5) is 0. The lowest BCUT2D eigenvalue weighted by Crippen LogP contribution is -2.35. The lowest BCUT2D eigenvalue weighted by atomic mass is 9.94. The van der Waals surface area contributed by atoms with Gasteiger partial charge >= 0.3 is 0 Å². The fourth-order valence-corrected chi connectivity index (χ4v) is 3.67. The molecule has 19 heavy (non-hydrogen) atoms. The van der Waals surface area contributed by atoms with Gasteiger partial charge in [0.2, 0.25) is 5.89 Å². The number of ether oxygens (including phenoxy) is 2. The van der Waals surface area contributed by atoms with Gasteiger partial charge in [-0.05, 0) is 19.3 Å². The van der Waals surface area contributed by atoms with Crippen LogP contribution in [0.5, 0.6) is 0 Å². The summed E-state index contributed by atoms with van der Waals surface area (Å²) < 4.78 is 17.1. The molecule has 0 atom stereocenters. The van der Waals surface area contributed by atoms with Crippen molar-refractivity contribution in [3.8, 4) is 0 Å². The molecule has 1 aliphatic carbocycles. The van der Waals surface area contributed by atoms with Crippen molar-refractivity contribution in [2.24, 2.45) is 0 Å². The summed E-state index contributed by atoms with van der Waals surface area (Å²) in [5, 5.41) is 9.40. The van der Waals surface area contributed by atoms with Gasteiger partial charge in [0, 0.05) is 24.5 Å². The lowest BCUT2D eigenvalue weighted by Gasteiger charge is -2.34. The van der Waals surface area contributed by atoms with Gasteiger partial charge in [-0.2, -0.15) is 0 Å². The minimum atomic E-state index is -0.278. The van der Waals surface area contributed by atoms with Gasteiger partial charge in [0.25, 0.3) is 5.22 Å². The topological polar surface area (TPSA) is 57.4 Å². The van der Waals surface area contributed by atoms with Crippen molar-refractivity contribution in [3.05, 3.63) is 5.89 Å². The van der Waals surface area contributed by atoms with Crippen molar-refractivity contribution in [3.63, 3.8) is 0 Å². The third-order valence-corrected chi connectivity index (χ3v) is 4.86. The Balaban J connectivity index is 1.51. The molecule has 0 radical (unpaired) electrons. The Labute approximate surface area is 117 Å². The highest BCUT2D eigenvalue weighted by Gasteiger charge is 2.40. The van der Waals surface area contributed by atoms with Crippen LogP contribution < -0.4 is 0 Å². The summed E-state index contributed by atoms with van der Waals surface area (Å²) >= 11 is 1.70. The average molecular weight is 284 g/mol. The van der Waals surface area contributed by atoms with E-state index in [1.54, 1.807) is 11.8 Å². The van der Waals surface area contributed by atoms with Crippen LogP contribution in [-0.4, -0.2) is 34.4 Å². The molecule has 106 valence electrons. The molecule has 2 aliphatic rings. The Hall–Kier alpha value is -0.590. The van der Waals surface area contributed by atoms with E-state index in [4.69, 9.17) is 13.9 Å². The maximum Gasteiger partial charge on any atom is 0.276 e. The van der Waals surface area contributed by atoms with Crippen LogP contribution in [0.25, 0.3) is 0 Å². The van der Waals surface area contributed by atoms with E-state index in [1.807, 2.05) is 0 Å². The molecule has 0 unspecified atom stereocenters. The standard InChI is InChI=1S/C13H20N2O3S/c1-2-3-11-14-15-12(18-11)19-10-4-6-13(7-5-10)16-8-9-17-13/h10H,2-9H2,1H3. The van der Waals surface area contributed by atoms with Gasteiger partial charge < -0.3 is 13.9 Å². The van der Waals surface area contributed by atoms with Gasteiger partial charge in [0.1, 0.15) is 0 Å². The van der Waals surface area contributed by atoms with Crippen molar-refractivity contribution >= 4 is 11.8 Å². The molecule has 2 fully saturated rings. The predicted molar refractivity (Wildman–Crippen MR) is 71.0 cm³/mol. The Morgan fingerprint density at radius 1 is 1.21 bits per heavy atom. The van der Waals surface area contributed by atoms with Gasteiger partial charge in [0.15, 0.2) is 5.79 Å². The summed E-state index contributed by atoms with van der Waals surface area (Å²) in [6, 6.07) is 0. The monoisotopic (exact) mass is 284 g/mol. The zero-order chi connectivity index (χ0) is 13.1. The SMILES string of the molecule is CCCc1nnc(SC2CCC3(CC2)OCCO3)o1. The number of thioether (sulfide) groups is 1. The van der Waals surface area contributed by atoms with Crippen LogP contribution in [0.15, 0.2) is 9.64 Å². The second-order valence-corrected chi connectivity index (χ2v) is 6.39. The van der Waals surface area contributed by atoms with Crippen molar-refractivity contribution < 1.29 is 13.9 Å². The minimum Gasteiger partial charge on any atom is -0.416 e. The third-order valence-electron chi connectivity index (χ3n) is 3.69. The number of rotatable bonds is 4. The summed E-state index contributed by atoms with van der Waals surface area (Å²) in [6.45, 7) is 3.59. The molecule has 5 nitrogen and oxygen atoms in total. The summed E-state index contributed by atoms with van der Waals surface area (Å²) in [6.07, 6.45) is 6.00. The molecule has 0 bridgehead atoms. The van der Waals surface area contributed by atoms with E-state index < -0.39 is 0 Å². The zero-order valence-corrected chi connectivity index (χ0v) is 12.1. The molecule has 6 heteroatoms. The Morgan fingerprint density at radius 3 is 2.63 bits per heavy atom. The van der Waals surface area contributed by atoms with Crippen LogP contribution in [0, 0.1) is 0 Å². The van der Waals surface area contributed by atoms with Crippen LogP contribution in [0.3, 0.4) is 0 Å². The maximum absolute atomic E-state index is 5.73. The summed E-state index contributed by atoms with van der Waals surface area (Å²) in [5.74, 6) is 0.471. The van der Waals surface area contributed by atoms with Crippen molar-refractivity contribution in [1.29, 1.82) is 0 Å². The molecule has 1 saturated carbocycles. The second kappa shape index (κ2) is 5.81.